The van der Waals surface area contributed by atoms with E-state index >= 15 is 0 Å². The quantitative estimate of drug-likeness (QED) is 0.0893. The predicted molar refractivity (Wildman–Crippen MR) is 405 cm³/mol. The molecule has 0 bridgehead atoms. The molecule has 15 aromatic carbocycles. The minimum Gasteiger partial charge on any atom is -0.311 e. The molecule has 0 fully saturated rings. The first-order chi connectivity index (χ1) is 46.8. The highest BCUT2D eigenvalue weighted by Gasteiger charge is 2.44. The predicted octanol–water partition coefficient (Wildman–Crippen LogP) is 23.0. The molecule has 0 amide bonds. The first kappa shape index (κ1) is 57.0. The Morgan fingerprint density at radius 3 is 1.00 bits per heavy atom. The van der Waals surface area contributed by atoms with Gasteiger partial charge in [0.1, 0.15) is 0 Å². The van der Waals surface area contributed by atoms with Crippen molar-refractivity contribution in [2.75, 3.05) is 19.6 Å². The minimum atomic E-state index is -0.172. The number of para-hydroxylation sites is 6. The molecular weight excluding hydrogens is 1150 g/mol. The molecule has 0 atom stereocenters. The van der Waals surface area contributed by atoms with Gasteiger partial charge in [-0.2, -0.15) is 0 Å². The Labute approximate surface area is 557 Å². The van der Waals surface area contributed by atoms with Crippen molar-refractivity contribution in [1.29, 1.82) is 0 Å². The molecule has 0 saturated heterocycles. The zero-order valence-corrected chi connectivity index (χ0v) is 53.4. The monoisotopic (exact) mass is 1210 g/mol. The van der Waals surface area contributed by atoms with Gasteiger partial charge in [-0.1, -0.05) is 245 Å². The molecule has 95 heavy (non-hydrogen) atoms. The standard InChI is InChI=1S/C90H67BN4/c1-90(2,3)68-33-29-32-63(57-68)64-54-65(56-67(55-64)88-79-48-27-25-46-77(79)87(62-30-11-4-12-31-62)78-47-26-28-49-80(78)88)66-58-85-89-86(59-66)95(74-44-23-10-24-45-74)84-61-76(93(71-38-17-7-18-39-71)72-40-19-8-20-41-72)51-53-82(84)91(89)81-52-50-75(60-83(81)94(85)73-42-21-9-22-43-73)92(69-34-13-5-14-35-69)70-36-15-6-16-37-70/h4-61H,1-3H3. The van der Waals surface area contributed by atoms with Gasteiger partial charge < -0.3 is 19.6 Å². The van der Waals surface area contributed by atoms with Crippen LogP contribution in [0.2, 0.25) is 0 Å². The van der Waals surface area contributed by atoms with E-state index in [0.29, 0.717) is 0 Å². The van der Waals surface area contributed by atoms with Crippen molar-refractivity contribution in [2.45, 2.75) is 26.2 Å². The summed E-state index contributed by atoms with van der Waals surface area (Å²) in [5, 5.41) is 4.88. The fraction of sp³-hybridized carbons (Fsp3) is 0.0444. The zero-order chi connectivity index (χ0) is 63.6. The Hall–Kier alpha value is -11.9. The molecule has 4 nitrogen and oxygen atoms in total. The molecule has 2 aliphatic heterocycles. The summed E-state index contributed by atoms with van der Waals surface area (Å²) in [5.74, 6) is 0. The molecule has 0 N–H and O–H groups in total. The Morgan fingerprint density at radius 1 is 0.253 bits per heavy atom. The highest BCUT2D eigenvalue weighted by atomic mass is 15.2. The second-order valence-corrected chi connectivity index (χ2v) is 26.0. The van der Waals surface area contributed by atoms with Crippen LogP contribution in [0.25, 0.3) is 66.1 Å². The van der Waals surface area contributed by atoms with E-state index in [4.69, 9.17) is 0 Å². The van der Waals surface area contributed by atoms with Crippen LogP contribution < -0.4 is 36.0 Å². The van der Waals surface area contributed by atoms with Gasteiger partial charge >= 0.3 is 0 Å². The molecular formula is C90H67BN4. The van der Waals surface area contributed by atoms with Crippen LogP contribution in [0.15, 0.2) is 352 Å². The van der Waals surface area contributed by atoms with Gasteiger partial charge in [0.25, 0.3) is 6.71 Å². The largest absolute Gasteiger partial charge is 0.311 e. The van der Waals surface area contributed by atoms with Gasteiger partial charge in [0.15, 0.2) is 0 Å². The smallest absolute Gasteiger partial charge is 0.252 e. The van der Waals surface area contributed by atoms with Gasteiger partial charge in [0.2, 0.25) is 0 Å². The normalized spacial score (nSPS) is 12.3. The number of nitrogens with zero attached hydrogens (tertiary/aromatic N) is 4. The fourth-order valence-corrected chi connectivity index (χ4v) is 15.0. The molecule has 0 saturated carbocycles. The van der Waals surface area contributed by atoms with E-state index in [1.165, 1.54) is 65.8 Å². The summed E-state index contributed by atoms with van der Waals surface area (Å²) in [5.41, 5.74) is 27.4. The van der Waals surface area contributed by atoms with Crippen molar-refractivity contribution in [3.8, 4) is 44.5 Å². The minimum absolute atomic E-state index is 0.0691. The lowest BCUT2D eigenvalue weighted by atomic mass is 9.33. The van der Waals surface area contributed by atoms with Crippen LogP contribution in [-0.4, -0.2) is 6.71 Å². The van der Waals surface area contributed by atoms with Crippen molar-refractivity contribution in [2.24, 2.45) is 0 Å². The van der Waals surface area contributed by atoms with Gasteiger partial charge in [-0.25, -0.2) is 0 Å². The summed E-state index contributed by atoms with van der Waals surface area (Å²) in [7, 11) is 0. The first-order valence-electron chi connectivity index (χ1n) is 33.0. The third-order valence-electron chi connectivity index (χ3n) is 19.3. The number of hydrogen-bond donors (Lipinski definition) is 0. The van der Waals surface area contributed by atoms with Crippen molar-refractivity contribution >= 4 is 113 Å². The second kappa shape index (κ2) is 23.6. The van der Waals surface area contributed by atoms with E-state index in [1.54, 1.807) is 0 Å². The summed E-state index contributed by atoms with van der Waals surface area (Å²) < 4.78 is 0. The fourth-order valence-electron chi connectivity index (χ4n) is 15.0. The van der Waals surface area contributed by atoms with E-state index in [9.17, 15) is 0 Å². The third kappa shape index (κ3) is 10.1. The Bertz CT molecular complexity index is 5010. The maximum Gasteiger partial charge on any atom is 0.252 e. The maximum absolute atomic E-state index is 2.56. The molecule has 450 valence electrons. The molecule has 2 aliphatic rings. The highest BCUT2D eigenvalue weighted by Crippen LogP contribution is 2.51. The summed E-state index contributed by atoms with van der Waals surface area (Å²) in [4.78, 5) is 9.90. The molecule has 17 rings (SSSR count). The maximum atomic E-state index is 2.56. The van der Waals surface area contributed by atoms with Crippen LogP contribution in [0.1, 0.15) is 26.3 Å². The number of fused-ring (bicyclic) bond motifs is 6. The Morgan fingerprint density at radius 2 is 0.589 bits per heavy atom. The van der Waals surface area contributed by atoms with Crippen LogP contribution in [0.5, 0.6) is 0 Å². The SMILES string of the molecule is CC(C)(C)c1cccc(-c2cc(-c3cc4c5c(c3)N(c3ccccc3)c3cc(N(c6ccccc6)c6ccccc6)ccc3B5c3ccc(N(c5ccccc5)c5ccccc5)cc3N4c3ccccc3)cc(-c3c4ccccc4c(-c4ccccc4)c4ccccc34)c2)c1. The molecule has 15 aromatic rings. The number of anilines is 12. The molecule has 0 aromatic heterocycles. The van der Waals surface area contributed by atoms with Gasteiger partial charge in [-0.05, 0) is 221 Å². The number of benzene rings is 15. The van der Waals surface area contributed by atoms with Gasteiger partial charge in [-0.15, -0.1) is 0 Å². The van der Waals surface area contributed by atoms with Crippen molar-refractivity contribution in [1.82, 2.24) is 0 Å². The Balaban J connectivity index is 0.982. The number of rotatable bonds is 12. The third-order valence-corrected chi connectivity index (χ3v) is 19.3. The summed E-state index contributed by atoms with van der Waals surface area (Å²) in [6.07, 6.45) is 0. The molecule has 2 heterocycles. The molecule has 5 heteroatoms. The van der Waals surface area contributed by atoms with Crippen LogP contribution in [-0.2, 0) is 5.41 Å². The van der Waals surface area contributed by atoms with Crippen molar-refractivity contribution in [3.63, 3.8) is 0 Å². The number of hydrogen-bond acceptors (Lipinski definition) is 4. The first-order valence-corrected chi connectivity index (χ1v) is 33.0. The molecule has 0 spiro atoms. The van der Waals surface area contributed by atoms with Crippen molar-refractivity contribution in [3.05, 3.63) is 357 Å². The van der Waals surface area contributed by atoms with E-state index in [-0.39, 0.29) is 12.1 Å². The average molecular weight is 1220 g/mol. The lowest BCUT2D eigenvalue weighted by Crippen LogP contribution is -2.61. The highest BCUT2D eigenvalue weighted by molar-refractivity contribution is 7.00. The van der Waals surface area contributed by atoms with Gasteiger partial charge in [0, 0.05) is 68.2 Å². The summed E-state index contributed by atoms with van der Waals surface area (Å²) in [6, 6.07) is 130. The summed E-state index contributed by atoms with van der Waals surface area (Å²) >= 11 is 0. The molecule has 0 aliphatic carbocycles. The van der Waals surface area contributed by atoms with E-state index in [2.05, 4.69) is 392 Å². The lowest BCUT2D eigenvalue weighted by molar-refractivity contribution is 0.590. The topological polar surface area (TPSA) is 13.0 Å². The van der Waals surface area contributed by atoms with Crippen LogP contribution in [0.3, 0.4) is 0 Å². The van der Waals surface area contributed by atoms with Gasteiger partial charge in [0.05, 0.1) is 0 Å². The van der Waals surface area contributed by atoms with E-state index in [0.717, 1.165) is 90.5 Å². The average Bonchev–Trinajstić information content (AvgIpc) is 0.697. The van der Waals surface area contributed by atoms with E-state index in [1.807, 2.05) is 0 Å². The van der Waals surface area contributed by atoms with Crippen LogP contribution in [0.4, 0.5) is 68.2 Å². The van der Waals surface area contributed by atoms with Crippen LogP contribution in [0, 0.1) is 0 Å². The summed E-state index contributed by atoms with van der Waals surface area (Å²) in [6.45, 7) is 6.77. The van der Waals surface area contributed by atoms with Crippen molar-refractivity contribution < 1.29 is 0 Å². The molecule has 0 unspecified atom stereocenters. The zero-order valence-electron chi connectivity index (χ0n) is 53.4. The Kier molecular flexibility index (Phi) is 14.2. The van der Waals surface area contributed by atoms with Gasteiger partial charge in [-0.3, -0.25) is 0 Å². The molecule has 0 radical (unpaired) electrons. The van der Waals surface area contributed by atoms with E-state index < -0.39 is 0 Å². The second-order valence-electron chi connectivity index (χ2n) is 26.0. The lowest BCUT2D eigenvalue weighted by Gasteiger charge is -2.45. The van der Waals surface area contributed by atoms with Crippen LogP contribution >= 0.6 is 0 Å².